The SMILES string of the molecule is CCNC(=NCCC1=CCOCC1)NC1CCN(Cc2ccccn2)CC1. The van der Waals surface area contributed by atoms with Crippen LogP contribution in [0.4, 0.5) is 0 Å². The van der Waals surface area contributed by atoms with Gasteiger partial charge in [-0.15, -0.1) is 0 Å². The number of hydrogen-bond acceptors (Lipinski definition) is 4. The van der Waals surface area contributed by atoms with Gasteiger partial charge in [-0.25, -0.2) is 0 Å². The fourth-order valence-electron chi connectivity index (χ4n) is 3.57. The quantitative estimate of drug-likeness (QED) is 0.438. The van der Waals surface area contributed by atoms with E-state index in [-0.39, 0.29) is 0 Å². The summed E-state index contributed by atoms with van der Waals surface area (Å²) in [7, 11) is 0. The highest BCUT2D eigenvalue weighted by atomic mass is 16.5. The monoisotopic (exact) mass is 371 g/mol. The lowest BCUT2D eigenvalue weighted by Crippen LogP contribution is -2.48. The van der Waals surface area contributed by atoms with E-state index >= 15 is 0 Å². The maximum Gasteiger partial charge on any atom is 0.191 e. The zero-order chi connectivity index (χ0) is 18.7. The molecule has 0 saturated carbocycles. The zero-order valence-corrected chi connectivity index (χ0v) is 16.5. The van der Waals surface area contributed by atoms with Crippen molar-refractivity contribution >= 4 is 5.96 Å². The minimum atomic E-state index is 0.491. The fourth-order valence-corrected chi connectivity index (χ4v) is 3.57. The smallest absolute Gasteiger partial charge is 0.191 e. The molecule has 0 unspecified atom stereocenters. The summed E-state index contributed by atoms with van der Waals surface area (Å²) < 4.78 is 5.37. The molecule has 0 amide bonds. The van der Waals surface area contributed by atoms with Gasteiger partial charge in [-0.2, -0.15) is 0 Å². The van der Waals surface area contributed by atoms with Gasteiger partial charge in [0.1, 0.15) is 0 Å². The first-order valence-electron chi connectivity index (χ1n) is 10.3. The Morgan fingerprint density at radius 2 is 2.22 bits per heavy atom. The summed E-state index contributed by atoms with van der Waals surface area (Å²) in [5.41, 5.74) is 2.63. The second-order valence-electron chi connectivity index (χ2n) is 7.21. The van der Waals surface area contributed by atoms with Gasteiger partial charge in [0.15, 0.2) is 5.96 Å². The zero-order valence-electron chi connectivity index (χ0n) is 16.5. The average molecular weight is 372 g/mol. The number of ether oxygens (including phenoxy) is 1. The Kier molecular flexibility index (Phi) is 8.11. The van der Waals surface area contributed by atoms with E-state index in [2.05, 4.69) is 45.6 Å². The summed E-state index contributed by atoms with van der Waals surface area (Å²) in [4.78, 5) is 11.7. The van der Waals surface area contributed by atoms with E-state index < -0.39 is 0 Å². The number of nitrogens with one attached hydrogen (secondary N) is 2. The van der Waals surface area contributed by atoms with Crippen LogP contribution < -0.4 is 10.6 Å². The third kappa shape index (κ3) is 6.96. The fraction of sp³-hybridized carbons (Fsp3) is 0.619. The summed E-state index contributed by atoms with van der Waals surface area (Å²) in [6.07, 6.45) is 8.44. The number of nitrogens with zero attached hydrogens (tertiary/aromatic N) is 3. The molecule has 2 aliphatic heterocycles. The summed E-state index contributed by atoms with van der Waals surface area (Å²) in [6.45, 7) is 8.59. The molecule has 0 radical (unpaired) electrons. The van der Waals surface area contributed by atoms with Crippen LogP contribution in [0.1, 0.15) is 38.3 Å². The number of rotatable bonds is 7. The number of likely N-dealkylation sites (tertiary alicyclic amines) is 1. The van der Waals surface area contributed by atoms with Crippen LogP contribution >= 0.6 is 0 Å². The molecule has 1 aromatic heterocycles. The second-order valence-corrected chi connectivity index (χ2v) is 7.21. The lowest BCUT2D eigenvalue weighted by atomic mass is 10.0. The number of hydrogen-bond donors (Lipinski definition) is 2. The maximum atomic E-state index is 5.37. The molecule has 148 valence electrons. The summed E-state index contributed by atoms with van der Waals surface area (Å²) in [5.74, 6) is 0.952. The van der Waals surface area contributed by atoms with Crippen LogP contribution in [-0.4, -0.2) is 61.3 Å². The lowest BCUT2D eigenvalue weighted by molar-refractivity contribution is 0.153. The molecule has 1 fully saturated rings. The van der Waals surface area contributed by atoms with Crippen LogP contribution in [0.3, 0.4) is 0 Å². The van der Waals surface area contributed by atoms with Gasteiger partial charge in [-0.3, -0.25) is 14.9 Å². The van der Waals surface area contributed by atoms with Gasteiger partial charge in [0, 0.05) is 45.0 Å². The molecular formula is C21H33N5O. The van der Waals surface area contributed by atoms with Crippen LogP contribution in [0.2, 0.25) is 0 Å². The molecule has 6 heteroatoms. The third-order valence-electron chi connectivity index (χ3n) is 5.14. The van der Waals surface area contributed by atoms with Gasteiger partial charge in [-0.1, -0.05) is 17.7 Å². The van der Waals surface area contributed by atoms with E-state index in [4.69, 9.17) is 9.73 Å². The van der Waals surface area contributed by atoms with Crippen molar-refractivity contribution < 1.29 is 4.74 Å². The molecule has 0 bridgehead atoms. The van der Waals surface area contributed by atoms with Crippen LogP contribution in [0, 0.1) is 0 Å². The molecule has 0 aromatic carbocycles. The van der Waals surface area contributed by atoms with Gasteiger partial charge < -0.3 is 15.4 Å². The van der Waals surface area contributed by atoms with Crippen molar-refractivity contribution in [2.45, 2.75) is 45.2 Å². The predicted octanol–water partition coefficient (Wildman–Crippen LogP) is 2.34. The number of piperidine rings is 1. The first kappa shape index (κ1) is 19.8. The van der Waals surface area contributed by atoms with Crippen molar-refractivity contribution in [3.8, 4) is 0 Å². The first-order chi connectivity index (χ1) is 13.3. The Hall–Kier alpha value is -1.92. The number of pyridine rings is 1. The Labute approximate surface area is 163 Å². The van der Waals surface area contributed by atoms with Crippen LogP contribution in [0.25, 0.3) is 0 Å². The topological polar surface area (TPSA) is 61.8 Å². The van der Waals surface area contributed by atoms with E-state index in [0.717, 1.165) is 83.3 Å². The van der Waals surface area contributed by atoms with Gasteiger partial charge >= 0.3 is 0 Å². The Bertz CT molecular complexity index is 608. The molecule has 1 saturated heterocycles. The van der Waals surface area contributed by atoms with Gasteiger partial charge in [0.2, 0.25) is 0 Å². The van der Waals surface area contributed by atoms with Crippen molar-refractivity contribution in [1.29, 1.82) is 0 Å². The molecule has 0 spiro atoms. The summed E-state index contributed by atoms with van der Waals surface area (Å²) in [5, 5.41) is 7.02. The van der Waals surface area contributed by atoms with Gasteiger partial charge in [0.05, 0.1) is 18.9 Å². The second kappa shape index (κ2) is 11.0. The van der Waals surface area contributed by atoms with E-state index in [1.165, 1.54) is 5.57 Å². The van der Waals surface area contributed by atoms with Crippen molar-refractivity contribution in [2.24, 2.45) is 4.99 Å². The molecule has 3 rings (SSSR count). The molecular weight excluding hydrogens is 338 g/mol. The van der Waals surface area contributed by atoms with E-state index in [9.17, 15) is 0 Å². The van der Waals surface area contributed by atoms with Crippen LogP contribution in [0.5, 0.6) is 0 Å². The van der Waals surface area contributed by atoms with E-state index in [1.54, 1.807) is 0 Å². The Morgan fingerprint density at radius 3 is 2.93 bits per heavy atom. The number of aliphatic imine (C=N–C) groups is 1. The normalized spacial score (nSPS) is 19.6. The van der Waals surface area contributed by atoms with Gasteiger partial charge in [-0.05, 0) is 44.7 Å². The summed E-state index contributed by atoms with van der Waals surface area (Å²) >= 11 is 0. The standard InChI is InChI=1S/C21H33N5O/c1-2-22-21(24-12-6-18-9-15-27-16-10-18)25-19-7-13-26(14-8-19)17-20-5-3-4-11-23-20/h3-5,9,11,19H,2,6-8,10,12-17H2,1H3,(H2,22,24,25). The maximum absolute atomic E-state index is 5.37. The minimum Gasteiger partial charge on any atom is -0.377 e. The highest BCUT2D eigenvalue weighted by Crippen LogP contribution is 2.14. The largest absolute Gasteiger partial charge is 0.377 e. The van der Waals surface area contributed by atoms with Gasteiger partial charge in [0.25, 0.3) is 0 Å². The van der Waals surface area contributed by atoms with E-state index in [0.29, 0.717) is 6.04 Å². The first-order valence-corrected chi connectivity index (χ1v) is 10.3. The molecule has 1 aromatic rings. The highest BCUT2D eigenvalue weighted by molar-refractivity contribution is 5.80. The Morgan fingerprint density at radius 1 is 1.33 bits per heavy atom. The van der Waals surface area contributed by atoms with Crippen LogP contribution in [0.15, 0.2) is 41.0 Å². The average Bonchev–Trinajstić information content (AvgIpc) is 2.71. The number of guanidine groups is 1. The summed E-state index contributed by atoms with van der Waals surface area (Å²) in [6, 6.07) is 6.63. The Balaban J connectivity index is 1.42. The molecule has 2 aliphatic rings. The molecule has 0 aliphatic carbocycles. The molecule has 0 atom stereocenters. The molecule has 27 heavy (non-hydrogen) atoms. The number of aromatic nitrogens is 1. The molecule has 2 N–H and O–H groups in total. The highest BCUT2D eigenvalue weighted by Gasteiger charge is 2.20. The lowest BCUT2D eigenvalue weighted by Gasteiger charge is -2.32. The third-order valence-corrected chi connectivity index (χ3v) is 5.14. The van der Waals surface area contributed by atoms with Crippen molar-refractivity contribution in [3.63, 3.8) is 0 Å². The van der Waals surface area contributed by atoms with Crippen molar-refractivity contribution in [3.05, 3.63) is 41.7 Å². The minimum absolute atomic E-state index is 0.491. The van der Waals surface area contributed by atoms with Crippen molar-refractivity contribution in [2.75, 3.05) is 39.4 Å². The van der Waals surface area contributed by atoms with E-state index in [1.807, 2.05) is 12.3 Å². The van der Waals surface area contributed by atoms with Crippen molar-refractivity contribution in [1.82, 2.24) is 20.5 Å². The molecule has 3 heterocycles. The van der Waals surface area contributed by atoms with Crippen LogP contribution in [-0.2, 0) is 11.3 Å². The molecule has 6 nitrogen and oxygen atoms in total. The predicted molar refractivity (Wildman–Crippen MR) is 110 cm³/mol.